The number of hydrogen-bond donors (Lipinski definition) is 1. The summed E-state index contributed by atoms with van der Waals surface area (Å²) in [5, 5.41) is 5.32. The summed E-state index contributed by atoms with van der Waals surface area (Å²) in [5.74, 6) is 0.408. The summed E-state index contributed by atoms with van der Waals surface area (Å²) in [6, 6.07) is 13.8. The third kappa shape index (κ3) is 4.62. The zero-order valence-corrected chi connectivity index (χ0v) is 14.1. The van der Waals surface area contributed by atoms with Crippen molar-refractivity contribution < 1.29 is 0 Å². The second kappa shape index (κ2) is 8.05. The normalized spacial score (nSPS) is 12.4. The lowest BCUT2D eigenvalue weighted by Crippen LogP contribution is -2.23. The summed E-state index contributed by atoms with van der Waals surface area (Å²) in [5.41, 5.74) is 2.24. The van der Waals surface area contributed by atoms with E-state index in [9.17, 15) is 0 Å². The molecule has 2 aromatic rings. The standard InChI is InChI=1S/C17H18Cl3N/c1-21-11-12(9-13-5-2-3-7-15(13)18)10-14-6-4-8-16(19)17(14)20/h2-8,12,21H,9-11H2,1H3. The summed E-state index contributed by atoms with van der Waals surface area (Å²) in [6.07, 6.45) is 1.77. The van der Waals surface area contributed by atoms with Crippen LogP contribution in [0.25, 0.3) is 0 Å². The average Bonchev–Trinajstić information content (AvgIpc) is 2.46. The van der Waals surface area contributed by atoms with Gasteiger partial charge in [0.25, 0.3) is 0 Å². The topological polar surface area (TPSA) is 12.0 Å². The molecule has 4 heteroatoms. The quantitative estimate of drug-likeness (QED) is 0.754. The first kappa shape index (κ1) is 16.6. The predicted octanol–water partition coefficient (Wildman–Crippen LogP) is 5.27. The molecule has 2 aromatic carbocycles. The lowest BCUT2D eigenvalue weighted by atomic mass is 9.92. The predicted molar refractivity (Wildman–Crippen MR) is 92.7 cm³/mol. The lowest BCUT2D eigenvalue weighted by Gasteiger charge is -2.18. The van der Waals surface area contributed by atoms with Crippen LogP contribution >= 0.6 is 34.8 Å². The molecule has 0 saturated heterocycles. The Kier molecular flexibility index (Phi) is 6.38. The van der Waals surface area contributed by atoms with E-state index < -0.39 is 0 Å². The lowest BCUT2D eigenvalue weighted by molar-refractivity contribution is 0.493. The van der Waals surface area contributed by atoms with Crippen molar-refractivity contribution in [3.63, 3.8) is 0 Å². The van der Waals surface area contributed by atoms with Crippen molar-refractivity contribution in [2.45, 2.75) is 12.8 Å². The summed E-state index contributed by atoms with van der Waals surface area (Å²) in [4.78, 5) is 0. The third-order valence-corrected chi connectivity index (χ3v) is 4.73. The molecule has 0 aliphatic heterocycles. The molecule has 0 saturated carbocycles. The largest absolute Gasteiger partial charge is 0.319 e. The van der Waals surface area contributed by atoms with Gasteiger partial charge in [0.2, 0.25) is 0 Å². The number of hydrogen-bond acceptors (Lipinski definition) is 1. The number of benzene rings is 2. The summed E-state index contributed by atoms with van der Waals surface area (Å²) in [6.45, 7) is 0.897. The molecule has 0 amide bonds. The molecule has 0 aliphatic carbocycles. The zero-order valence-electron chi connectivity index (χ0n) is 11.9. The molecule has 0 bridgehead atoms. The van der Waals surface area contributed by atoms with Gasteiger partial charge in [-0.25, -0.2) is 0 Å². The van der Waals surface area contributed by atoms with Gasteiger partial charge in [0.05, 0.1) is 10.0 Å². The van der Waals surface area contributed by atoms with Crippen LogP contribution in [0, 0.1) is 5.92 Å². The minimum Gasteiger partial charge on any atom is -0.319 e. The van der Waals surface area contributed by atoms with Crippen molar-refractivity contribution in [3.05, 3.63) is 68.7 Å². The SMILES string of the molecule is CNCC(Cc1ccccc1Cl)Cc1cccc(Cl)c1Cl. The Hall–Kier alpha value is -0.730. The monoisotopic (exact) mass is 341 g/mol. The molecule has 1 N–H and O–H groups in total. The van der Waals surface area contributed by atoms with Gasteiger partial charge in [-0.1, -0.05) is 65.1 Å². The Labute approximate surface area is 141 Å². The summed E-state index contributed by atoms with van der Waals surface area (Å²) in [7, 11) is 1.96. The molecular weight excluding hydrogens is 325 g/mol. The van der Waals surface area contributed by atoms with E-state index >= 15 is 0 Å². The van der Waals surface area contributed by atoms with Crippen LogP contribution in [0.15, 0.2) is 42.5 Å². The molecule has 0 aliphatic rings. The van der Waals surface area contributed by atoms with E-state index in [1.54, 1.807) is 0 Å². The van der Waals surface area contributed by atoms with E-state index in [1.165, 1.54) is 0 Å². The Balaban J connectivity index is 2.16. The second-order valence-corrected chi connectivity index (χ2v) is 6.33. The highest BCUT2D eigenvalue weighted by Gasteiger charge is 2.14. The zero-order chi connectivity index (χ0) is 15.2. The van der Waals surface area contributed by atoms with Crippen molar-refractivity contribution in [2.75, 3.05) is 13.6 Å². The first-order valence-electron chi connectivity index (χ1n) is 6.92. The van der Waals surface area contributed by atoms with Gasteiger partial charge in [-0.15, -0.1) is 0 Å². The highest BCUT2D eigenvalue weighted by Crippen LogP contribution is 2.28. The van der Waals surface area contributed by atoms with Gasteiger partial charge in [-0.3, -0.25) is 0 Å². The van der Waals surface area contributed by atoms with E-state index in [4.69, 9.17) is 34.8 Å². The Bertz CT molecular complexity index is 598. The van der Waals surface area contributed by atoms with Gasteiger partial charge in [0, 0.05) is 5.02 Å². The highest BCUT2D eigenvalue weighted by atomic mass is 35.5. The Morgan fingerprint density at radius 1 is 0.857 bits per heavy atom. The van der Waals surface area contributed by atoms with E-state index in [0.29, 0.717) is 16.0 Å². The molecule has 0 radical (unpaired) electrons. The van der Waals surface area contributed by atoms with Gasteiger partial charge in [0.15, 0.2) is 0 Å². The van der Waals surface area contributed by atoms with Crippen LogP contribution in [0.3, 0.4) is 0 Å². The van der Waals surface area contributed by atoms with Crippen LogP contribution < -0.4 is 5.32 Å². The van der Waals surface area contributed by atoms with Gasteiger partial charge in [-0.2, -0.15) is 0 Å². The second-order valence-electron chi connectivity index (χ2n) is 5.14. The van der Waals surface area contributed by atoms with E-state index in [-0.39, 0.29) is 0 Å². The highest BCUT2D eigenvalue weighted by molar-refractivity contribution is 6.42. The smallest absolute Gasteiger partial charge is 0.0624 e. The third-order valence-electron chi connectivity index (χ3n) is 3.50. The van der Waals surface area contributed by atoms with Crippen LogP contribution in [-0.4, -0.2) is 13.6 Å². The Morgan fingerprint density at radius 2 is 1.48 bits per heavy atom. The number of rotatable bonds is 6. The fourth-order valence-corrected chi connectivity index (χ4v) is 3.11. The molecule has 0 heterocycles. The van der Waals surface area contributed by atoms with Gasteiger partial charge >= 0.3 is 0 Å². The number of halogens is 3. The first-order valence-corrected chi connectivity index (χ1v) is 8.06. The Morgan fingerprint density at radius 3 is 2.19 bits per heavy atom. The van der Waals surface area contributed by atoms with E-state index in [1.807, 2.05) is 43.4 Å². The maximum Gasteiger partial charge on any atom is 0.0624 e. The van der Waals surface area contributed by atoms with Gasteiger partial charge < -0.3 is 5.32 Å². The van der Waals surface area contributed by atoms with E-state index in [0.717, 1.165) is 35.5 Å². The molecule has 112 valence electrons. The minimum atomic E-state index is 0.408. The molecular formula is C17H18Cl3N. The fourth-order valence-electron chi connectivity index (χ4n) is 2.50. The van der Waals surface area contributed by atoms with Gasteiger partial charge in [-0.05, 0) is 55.6 Å². The molecule has 1 unspecified atom stereocenters. The molecule has 1 atom stereocenters. The van der Waals surface area contributed by atoms with E-state index in [2.05, 4.69) is 11.4 Å². The molecule has 0 fully saturated rings. The van der Waals surface area contributed by atoms with Crippen molar-refractivity contribution in [3.8, 4) is 0 Å². The number of nitrogens with one attached hydrogen (secondary N) is 1. The van der Waals surface area contributed by atoms with Crippen LogP contribution in [0.1, 0.15) is 11.1 Å². The fraction of sp³-hybridized carbons (Fsp3) is 0.294. The molecule has 21 heavy (non-hydrogen) atoms. The molecule has 0 spiro atoms. The maximum absolute atomic E-state index is 6.29. The average molecular weight is 343 g/mol. The summed E-state index contributed by atoms with van der Waals surface area (Å²) < 4.78 is 0. The van der Waals surface area contributed by atoms with Crippen molar-refractivity contribution in [1.29, 1.82) is 0 Å². The summed E-state index contributed by atoms with van der Waals surface area (Å²) >= 11 is 18.6. The first-order chi connectivity index (χ1) is 10.1. The van der Waals surface area contributed by atoms with Crippen LogP contribution in [0.4, 0.5) is 0 Å². The van der Waals surface area contributed by atoms with Crippen molar-refractivity contribution in [2.24, 2.45) is 5.92 Å². The van der Waals surface area contributed by atoms with Gasteiger partial charge in [0.1, 0.15) is 0 Å². The molecule has 0 aromatic heterocycles. The molecule has 1 nitrogen and oxygen atoms in total. The van der Waals surface area contributed by atoms with Crippen molar-refractivity contribution in [1.82, 2.24) is 5.32 Å². The molecule has 2 rings (SSSR count). The van der Waals surface area contributed by atoms with Crippen molar-refractivity contribution >= 4 is 34.8 Å². The maximum atomic E-state index is 6.29. The van der Waals surface area contributed by atoms with Crippen LogP contribution in [-0.2, 0) is 12.8 Å². The van der Waals surface area contributed by atoms with Crippen LogP contribution in [0.5, 0.6) is 0 Å². The minimum absolute atomic E-state index is 0.408. The van der Waals surface area contributed by atoms with Crippen LogP contribution in [0.2, 0.25) is 15.1 Å².